The van der Waals surface area contributed by atoms with Crippen LogP contribution in [0.4, 0.5) is 4.79 Å². The Morgan fingerprint density at radius 2 is 1.92 bits per heavy atom. The van der Waals surface area contributed by atoms with E-state index in [1.165, 1.54) is 4.90 Å². The van der Waals surface area contributed by atoms with Gasteiger partial charge in [-0.2, -0.15) is 0 Å². The van der Waals surface area contributed by atoms with E-state index in [1.807, 2.05) is 44.2 Å². The molecule has 3 rings (SSSR count). The molecular formula is C18H18BrN3O2. The van der Waals surface area contributed by atoms with Gasteiger partial charge in [0.05, 0.1) is 5.69 Å². The number of carbonyl (C=O) groups excluding carboxylic acids is 2. The van der Waals surface area contributed by atoms with E-state index >= 15 is 0 Å². The van der Waals surface area contributed by atoms with E-state index in [1.54, 1.807) is 13.0 Å². The summed E-state index contributed by atoms with van der Waals surface area (Å²) >= 11 is 3.58. The van der Waals surface area contributed by atoms with Crippen LogP contribution in [0.25, 0.3) is 11.8 Å². The van der Waals surface area contributed by atoms with Gasteiger partial charge in [-0.25, -0.2) is 4.79 Å². The summed E-state index contributed by atoms with van der Waals surface area (Å²) in [6.07, 6.45) is 1.74. The summed E-state index contributed by atoms with van der Waals surface area (Å²) in [5.41, 5.74) is 4.31. The van der Waals surface area contributed by atoms with E-state index in [9.17, 15) is 9.59 Å². The Morgan fingerprint density at radius 3 is 2.54 bits per heavy atom. The van der Waals surface area contributed by atoms with Crippen LogP contribution in [0.1, 0.15) is 23.9 Å². The minimum atomic E-state index is -0.367. The Hall–Kier alpha value is -2.34. The molecule has 2 heterocycles. The third kappa shape index (κ3) is 2.67. The lowest BCUT2D eigenvalue weighted by atomic mass is 10.2. The van der Waals surface area contributed by atoms with Crippen molar-refractivity contribution in [3.05, 3.63) is 57.5 Å². The quantitative estimate of drug-likeness (QED) is 0.643. The van der Waals surface area contributed by atoms with E-state index in [2.05, 4.69) is 25.8 Å². The number of aryl methyl sites for hydroxylation is 1. The molecule has 5 nitrogen and oxygen atoms in total. The minimum absolute atomic E-state index is 0.284. The summed E-state index contributed by atoms with van der Waals surface area (Å²) in [6, 6.07) is 9.62. The molecule has 3 amide bonds. The molecule has 0 bridgehead atoms. The average molecular weight is 388 g/mol. The van der Waals surface area contributed by atoms with Crippen LogP contribution in [0.2, 0.25) is 0 Å². The second kappa shape index (κ2) is 6.28. The number of rotatable bonds is 3. The Bertz CT molecular complexity index is 867. The van der Waals surface area contributed by atoms with Gasteiger partial charge >= 0.3 is 6.03 Å². The van der Waals surface area contributed by atoms with Gasteiger partial charge in [0.25, 0.3) is 5.91 Å². The highest BCUT2D eigenvalue weighted by Gasteiger charge is 2.32. The lowest BCUT2D eigenvalue weighted by Crippen LogP contribution is -2.30. The maximum absolute atomic E-state index is 12.2. The molecule has 1 aromatic heterocycles. The summed E-state index contributed by atoms with van der Waals surface area (Å²) in [5, 5.41) is 2.64. The number of likely N-dealkylation sites (N-methyl/N-ethyl adjacent to an activating group) is 1. The largest absolute Gasteiger partial charge is 0.328 e. The van der Waals surface area contributed by atoms with Gasteiger partial charge in [-0.3, -0.25) is 9.69 Å². The highest BCUT2D eigenvalue weighted by molar-refractivity contribution is 9.10. The number of urea groups is 1. The molecule has 1 aromatic carbocycles. The maximum Gasteiger partial charge on any atom is 0.328 e. The van der Waals surface area contributed by atoms with Crippen molar-refractivity contribution in [2.75, 3.05) is 6.54 Å². The molecule has 1 aliphatic rings. The molecule has 24 heavy (non-hydrogen) atoms. The highest BCUT2D eigenvalue weighted by Crippen LogP contribution is 2.28. The predicted molar refractivity (Wildman–Crippen MR) is 96.8 cm³/mol. The van der Waals surface area contributed by atoms with Gasteiger partial charge in [0.15, 0.2) is 0 Å². The molecule has 0 spiro atoms. The van der Waals surface area contributed by atoms with Gasteiger partial charge in [0, 0.05) is 22.4 Å². The Balaban J connectivity index is 2.05. The van der Waals surface area contributed by atoms with Gasteiger partial charge in [-0.1, -0.05) is 12.1 Å². The van der Waals surface area contributed by atoms with Gasteiger partial charge in [0.2, 0.25) is 0 Å². The van der Waals surface area contributed by atoms with E-state index in [0.717, 1.165) is 27.1 Å². The number of para-hydroxylation sites is 1. The number of amides is 3. The number of hydrogen-bond acceptors (Lipinski definition) is 2. The van der Waals surface area contributed by atoms with Crippen LogP contribution in [0.15, 0.2) is 40.5 Å². The number of aromatic nitrogens is 1. The van der Waals surface area contributed by atoms with Crippen molar-refractivity contribution < 1.29 is 9.59 Å². The summed E-state index contributed by atoms with van der Waals surface area (Å²) in [6.45, 7) is 6.15. The van der Waals surface area contributed by atoms with E-state index < -0.39 is 0 Å². The molecule has 1 N–H and O–H groups in total. The summed E-state index contributed by atoms with van der Waals surface area (Å²) in [7, 11) is 0. The second-order valence-electron chi connectivity index (χ2n) is 5.65. The number of nitrogens with one attached hydrogen (secondary N) is 1. The molecule has 1 fully saturated rings. The molecule has 0 aliphatic carbocycles. The first-order valence-corrected chi connectivity index (χ1v) is 8.51. The van der Waals surface area contributed by atoms with Gasteiger partial charge < -0.3 is 9.88 Å². The first-order valence-electron chi connectivity index (χ1n) is 7.72. The Kier molecular flexibility index (Phi) is 4.32. The first kappa shape index (κ1) is 16.5. The van der Waals surface area contributed by atoms with Crippen LogP contribution in [0.5, 0.6) is 0 Å². The SMILES string of the molecule is CCN1C(=O)N/C(=C/c2cc(C)n(-c3ccccc3Br)c2C)C1=O. The molecule has 1 saturated heterocycles. The van der Waals surface area contributed by atoms with Crippen molar-refractivity contribution >= 4 is 33.9 Å². The molecule has 0 saturated carbocycles. The van der Waals surface area contributed by atoms with Crippen molar-refractivity contribution in [3.63, 3.8) is 0 Å². The lowest BCUT2D eigenvalue weighted by molar-refractivity contribution is -0.122. The van der Waals surface area contributed by atoms with Crippen molar-refractivity contribution in [3.8, 4) is 5.69 Å². The van der Waals surface area contributed by atoms with Crippen LogP contribution < -0.4 is 5.32 Å². The van der Waals surface area contributed by atoms with E-state index in [4.69, 9.17) is 0 Å². The normalized spacial score (nSPS) is 16.2. The van der Waals surface area contributed by atoms with Crippen LogP contribution in [-0.4, -0.2) is 28.0 Å². The zero-order valence-corrected chi connectivity index (χ0v) is 15.3. The van der Waals surface area contributed by atoms with E-state index in [-0.39, 0.29) is 11.9 Å². The zero-order chi connectivity index (χ0) is 17.4. The van der Waals surface area contributed by atoms with Crippen molar-refractivity contribution in [2.24, 2.45) is 0 Å². The van der Waals surface area contributed by atoms with Crippen LogP contribution in [0.3, 0.4) is 0 Å². The maximum atomic E-state index is 12.2. The van der Waals surface area contributed by atoms with Gasteiger partial charge in [-0.05, 0) is 66.5 Å². The van der Waals surface area contributed by atoms with Gasteiger partial charge in [-0.15, -0.1) is 0 Å². The minimum Gasteiger partial charge on any atom is -0.317 e. The monoisotopic (exact) mass is 387 g/mol. The van der Waals surface area contributed by atoms with Gasteiger partial charge in [0.1, 0.15) is 5.70 Å². The number of carbonyl (C=O) groups is 2. The first-order chi connectivity index (χ1) is 11.4. The van der Waals surface area contributed by atoms with Crippen molar-refractivity contribution in [1.82, 2.24) is 14.8 Å². The molecular weight excluding hydrogens is 370 g/mol. The molecule has 2 aromatic rings. The summed E-state index contributed by atoms with van der Waals surface area (Å²) < 4.78 is 3.11. The van der Waals surface area contributed by atoms with E-state index in [0.29, 0.717) is 12.2 Å². The molecule has 124 valence electrons. The topological polar surface area (TPSA) is 54.3 Å². The number of nitrogens with zero attached hydrogens (tertiary/aromatic N) is 2. The Morgan fingerprint density at radius 1 is 1.21 bits per heavy atom. The standard InChI is InChI=1S/C18H18BrN3O2/c1-4-21-17(23)15(20-18(21)24)10-13-9-11(2)22(12(13)3)16-8-6-5-7-14(16)19/h5-10H,4H2,1-3H3,(H,20,24)/b15-10+. The van der Waals surface area contributed by atoms with Crippen LogP contribution in [0, 0.1) is 13.8 Å². The number of imide groups is 1. The lowest BCUT2D eigenvalue weighted by Gasteiger charge is -2.11. The van der Waals surface area contributed by atoms with Crippen LogP contribution >= 0.6 is 15.9 Å². The molecule has 0 unspecified atom stereocenters. The van der Waals surface area contributed by atoms with Crippen molar-refractivity contribution in [2.45, 2.75) is 20.8 Å². The zero-order valence-electron chi connectivity index (χ0n) is 13.8. The number of benzene rings is 1. The number of halogens is 1. The molecule has 1 aliphatic heterocycles. The molecule has 6 heteroatoms. The third-order valence-electron chi connectivity index (χ3n) is 4.14. The second-order valence-corrected chi connectivity index (χ2v) is 6.51. The average Bonchev–Trinajstić information content (AvgIpc) is 2.97. The fourth-order valence-electron chi connectivity index (χ4n) is 2.95. The Labute approximate surface area is 149 Å². The predicted octanol–water partition coefficient (Wildman–Crippen LogP) is 3.77. The summed E-state index contributed by atoms with van der Waals surface area (Å²) in [5.74, 6) is -0.284. The smallest absolute Gasteiger partial charge is 0.317 e. The molecule has 0 atom stereocenters. The van der Waals surface area contributed by atoms with Crippen LogP contribution in [-0.2, 0) is 4.79 Å². The highest BCUT2D eigenvalue weighted by atomic mass is 79.9. The molecule has 0 radical (unpaired) electrons. The summed E-state index contributed by atoms with van der Waals surface area (Å²) in [4.78, 5) is 25.2. The third-order valence-corrected chi connectivity index (χ3v) is 4.81. The number of hydrogen-bond donors (Lipinski definition) is 1. The fourth-order valence-corrected chi connectivity index (χ4v) is 3.41. The van der Waals surface area contributed by atoms with Crippen molar-refractivity contribution in [1.29, 1.82) is 0 Å². The fraction of sp³-hybridized carbons (Fsp3) is 0.222.